The molecule has 0 amide bonds. The molecule has 1 aromatic heterocycles. The first-order chi connectivity index (χ1) is 15.1. The van der Waals surface area contributed by atoms with Crippen molar-refractivity contribution < 1.29 is 10.2 Å². The number of thiazole rings is 1. The monoisotopic (exact) mass is 441 g/mol. The Morgan fingerprint density at radius 2 is 1.87 bits per heavy atom. The van der Waals surface area contributed by atoms with E-state index >= 15 is 0 Å². The first-order valence-electron chi connectivity index (χ1n) is 11.1. The number of aliphatic hydroxyl groups is 1. The highest BCUT2D eigenvalue weighted by Crippen LogP contribution is 2.31. The highest BCUT2D eigenvalue weighted by molar-refractivity contribution is 7.16. The summed E-state index contributed by atoms with van der Waals surface area (Å²) in [5.74, 6) is 0.0253. The van der Waals surface area contributed by atoms with Crippen LogP contribution in [0, 0.1) is 0 Å². The molecule has 4 N–H and O–H groups in total. The smallest absolute Gasteiger partial charge is 0.305 e. The lowest BCUT2D eigenvalue weighted by Crippen LogP contribution is -2.24. The molecule has 3 aromatic rings. The molecule has 166 valence electrons. The van der Waals surface area contributed by atoms with Crippen LogP contribution in [0.3, 0.4) is 0 Å². The largest absolute Gasteiger partial charge is 0.506 e. The summed E-state index contributed by atoms with van der Waals surface area (Å²) >= 11 is 1.01. The van der Waals surface area contributed by atoms with Crippen molar-refractivity contribution in [2.24, 2.45) is 0 Å². The highest BCUT2D eigenvalue weighted by atomic mass is 32.1. The van der Waals surface area contributed by atoms with E-state index in [1.165, 1.54) is 56.0 Å². The van der Waals surface area contributed by atoms with Gasteiger partial charge in [0.05, 0.1) is 10.8 Å². The summed E-state index contributed by atoms with van der Waals surface area (Å²) in [6.45, 7) is 4.57. The first-order valence-corrected chi connectivity index (χ1v) is 12.0. The van der Waals surface area contributed by atoms with E-state index in [2.05, 4.69) is 39.5 Å². The van der Waals surface area contributed by atoms with Gasteiger partial charge in [-0.1, -0.05) is 54.5 Å². The zero-order chi connectivity index (χ0) is 21.6. The number of phenols is 1. The van der Waals surface area contributed by atoms with Gasteiger partial charge in [0, 0.05) is 18.7 Å². The number of aromatic hydroxyl groups is 1. The lowest BCUT2D eigenvalue weighted by molar-refractivity contribution is 0.176. The third-order valence-corrected chi connectivity index (χ3v) is 6.90. The second-order valence-corrected chi connectivity index (χ2v) is 9.36. The molecule has 4 rings (SSSR count). The molecular formula is C24H31N3O3S. The molecule has 2 aromatic carbocycles. The number of hydrogen-bond acceptors (Lipinski definition) is 6. The molecule has 0 saturated carbocycles. The van der Waals surface area contributed by atoms with Crippen molar-refractivity contribution in [2.75, 3.05) is 26.2 Å². The van der Waals surface area contributed by atoms with Crippen molar-refractivity contribution in [1.82, 2.24) is 15.2 Å². The molecule has 1 aliphatic rings. The van der Waals surface area contributed by atoms with Crippen LogP contribution in [0.25, 0.3) is 10.2 Å². The van der Waals surface area contributed by atoms with E-state index in [0.29, 0.717) is 22.3 Å². The fourth-order valence-electron chi connectivity index (χ4n) is 4.32. The molecule has 0 radical (unpaired) electrons. The van der Waals surface area contributed by atoms with E-state index < -0.39 is 6.10 Å². The number of aliphatic hydroxyl groups excluding tert-OH is 1. The van der Waals surface area contributed by atoms with Gasteiger partial charge in [0.2, 0.25) is 0 Å². The SMILES string of the molecule is O=c1[nH]c2c(O)ccc([C@@H](O)CNCCc3cccc(CN4CCCCCC4)c3)c2s1. The van der Waals surface area contributed by atoms with Gasteiger partial charge in [-0.25, -0.2) is 0 Å². The minimum Gasteiger partial charge on any atom is -0.506 e. The maximum Gasteiger partial charge on any atom is 0.305 e. The van der Waals surface area contributed by atoms with Crippen LogP contribution in [0.1, 0.15) is 48.5 Å². The summed E-state index contributed by atoms with van der Waals surface area (Å²) in [7, 11) is 0. The standard InChI is InChI=1S/C24H31N3O3S/c28-20-9-8-19(23-22(20)26-24(30)31-23)21(29)15-25-11-10-17-6-5-7-18(14-17)16-27-12-3-1-2-4-13-27/h5-9,14,21,25,28-29H,1-4,10-13,15-16H2,(H,26,30)/t21-/m0/s1. The Hall–Kier alpha value is -2.19. The van der Waals surface area contributed by atoms with Crippen LogP contribution < -0.4 is 10.2 Å². The Kier molecular flexibility index (Phi) is 7.40. The number of phenolic OH excluding ortho intramolecular Hbond substituents is 1. The number of aromatic amines is 1. The first kappa shape index (κ1) is 22.0. The van der Waals surface area contributed by atoms with Gasteiger partial charge in [0.1, 0.15) is 11.3 Å². The lowest BCUT2D eigenvalue weighted by atomic mass is 10.1. The number of rotatable bonds is 8. The van der Waals surface area contributed by atoms with Crippen molar-refractivity contribution in [3.63, 3.8) is 0 Å². The quantitative estimate of drug-likeness (QED) is 0.402. The summed E-state index contributed by atoms with van der Waals surface area (Å²) < 4.78 is 0.612. The lowest BCUT2D eigenvalue weighted by Gasteiger charge is -2.20. The van der Waals surface area contributed by atoms with Crippen LogP contribution in [0.4, 0.5) is 0 Å². The van der Waals surface area contributed by atoms with Crippen molar-refractivity contribution in [1.29, 1.82) is 0 Å². The predicted octanol–water partition coefficient (Wildman–Crippen LogP) is 3.54. The van der Waals surface area contributed by atoms with E-state index in [9.17, 15) is 15.0 Å². The summed E-state index contributed by atoms with van der Waals surface area (Å²) in [5.41, 5.74) is 3.72. The number of nitrogens with zero attached hydrogens (tertiary/aromatic N) is 1. The normalized spacial score (nSPS) is 16.4. The molecule has 6 nitrogen and oxygen atoms in total. The number of aromatic nitrogens is 1. The molecule has 2 heterocycles. The number of likely N-dealkylation sites (tertiary alicyclic amines) is 1. The van der Waals surface area contributed by atoms with Gasteiger partial charge in [0.15, 0.2) is 0 Å². The summed E-state index contributed by atoms with van der Waals surface area (Å²) in [5, 5.41) is 23.8. The zero-order valence-corrected chi connectivity index (χ0v) is 18.6. The van der Waals surface area contributed by atoms with Crippen molar-refractivity contribution >= 4 is 21.6 Å². The van der Waals surface area contributed by atoms with Gasteiger partial charge in [-0.2, -0.15) is 0 Å². The van der Waals surface area contributed by atoms with Crippen LogP contribution >= 0.6 is 11.3 Å². The average Bonchev–Trinajstić information content (AvgIpc) is 2.98. The molecular weight excluding hydrogens is 410 g/mol. The maximum atomic E-state index is 11.7. The van der Waals surface area contributed by atoms with Crippen LogP contribution in [0.15, 0.2) is 41.2 Å². The molecule has 1 aliphatic heterocycles. The molecule has 7 heteroatoms. The molecule has 1 atom stereocenters. The van der Waals surface area contributed by atoms with E-state index in [1.807, 2.05) is 0 Å². The maximum absolute atomic E-state index is 11.7. The van der Waals surface area contributed by atoms with Gasteiger partial charge in [-0.15, -0.1) is 0 Å². The van der Waals surface area contributed by atoms with Gasteiger partial charge >= 0.3 is 4.87 Å². The molecule has 0 aliphatic carbocycles. The van der Waals surface area contributed by atoms with E-state index in [1.54, 1.807) is 6.07 Å². The Bertz CT molecular complexity index is 1050. The van der Waals surface area contributed by atoms with Crippen molar-refractivity contribution in [3.05, 3.63) is 62.8 Å². The van der Waals surface area contributed by atoms with Crippen LogP contribution in [0.2, 0.25) is 0 Å². The third kappa shape index (κ3) is 5.74. The van der Waals surface area contributed by atoms with Gasteiger partial charge in [0.25, 0.3) is 0 Å². The summed E-state index contributed by atoms with van der Waals surface area (Å²) in [4.78, 5) is 16.6. The van der Waals surface area contributed by atoms with E-state index in [0.717, 1.165) is 30.8 Å². The Morgan fingerprint density at radius 1 is 1.10 bits per heavy atom. The Morgan fingerprint density at radius 3 is 2.68 bits per heavy atom. The van der Waals surface area contributed by atoms with Crippen LogP contribution in [-0.4, -0.2) is 46.3 Å². The number of hydrogen-bond donors (Lipinski definition) is 4. The zero-order valence-electron chi connectivity index (χ0n) is 17.8. The van der Waals surface area contributed by atoms with Gasteiger partial charge < -0.3 is 20.5 Å². The second kappa shape index (κ2) is 10.4. The van der Waals surface area contributed by atoms with Gasteiger partial charge in [-0.3, -0.25) is 9.69 Å². The molecule has 0 spiro atoms. The number of nitrogens with one attached hydrogen (secondary N) is 2. The highest BCUT2D eigenvalue weighted by Gasteiger charge is 2.16. The van der Waals surface area contributed by atoms with Crippen molar-refractivity contribution in [3.8, 4) is 5.75 Å². The predicted molar refractivity (Wildman–Crippen MR) is 126 cm³/mol. The number of H-pyrrole nitrogens is 1. The molecule has 0 unspecified atom stereocenters. The fraction of sp³-hybridized carbons (Fsp3) is 0.458. The second-order valence-electron chi connectivity index (χ2n) is 8.37. The van der Waals surface area contributed by atoms with Crippen LogP contribution in [-0.2, 0) is 13.0 Å². The number of benzene rings is 2. The Balaban J connectivity index is 1.29. The Labute approximate surface area is 186 Å². The topological polar surface area (TPSA) is 88.6 Å². The fourth-order valence-corrected chi connectivity index (χ4v) is 5.24. The van der Waals surface area contributed by atoms with Crippen molar-refractivity contribution in [2.45, 2.75) is 44.8 Å². The molecule has 1 fully saturated rings. The van der Waals surface area contributed by atoms with Gasteiger partial charge in [-0.05, 0) is 56.1 Å². The van der Waals surface area contributed by atoms with E-state index in [-0.39, 0.29) is 10.6 Å². The average molecular weight is 442 g/mol. The molecule has 0 bridgehead atoms. The molecule has 31 heavy (non-hydrogen) atoms. The molecule has 1 saturated heterocycles. The summed E-state index contributed by atoms with van der Waals surface area (Å²) in [6, 6.07) is 12.0. The number of fused-ring (bicyclic) bond motifs is 1. The minimum absolute atomic E-state index is 0.0253. The van der Waals surface area contributed by atoms with Crippen LogP contribution in [0.5, 0.6) is 5.75 Å². The summed E-state index contributed by atoms with van der Waals surface area (Å²) in [6.07, 6.45) is 5.46. The van der Waals surface area contributed by atoms with E-state index in [4.69, 9.17) is 0 Å². The third-order valence-electron chi connectivity index (χ3n) is 5.97. The minimum atomic E-state index is -0.746.